The molecule has 2 rings (SSSR count). The van der Waals surface area contributed by atoms with Crippen LogP contribution < -0.4 is 0 Å². The molecule has 0 amide bonds. The van der Waals surface area contributed by atoms with Gasteiger partial charge in [0, 0.05) is 6.61 Å². The molecule has 0 spiro atoms. The van der Waals surface area contributed by atoms with Gasteiger partial charge in [0.15, 0.2) is 12.6 Å². The van der Waals surface area contributed by atoms with E-state index >= 15 is 0 Å². The zero-order valence-corrected chi connectivity index (χ0v) is 16.9. The minimum Gasteiger partial charge on any atom is -0.394 e. The lowest BCUT2D eigenvalue weighted by atomic mass is 9.98. The summed E-state index contributed by atoms with van der Waals surface area (Å²) >= 11 is 0. The summed E-state index contributed by atoms with van der Waals surface area (Å²) < 4.78 is 22.0. The highest BCUT2D eigenvalue weighted by Crippen LogP contribution is 2.28. The molecular weight excluding hydrogens is 388 g/mol. The maximum absolute atomic E-state index is 10.4. The van der Waals surface area contributed by atoms with Gasteiger partial charge < -0.3 is 49.6 Å². The van der Waals surface area contributed by atoms with Crippen molar-refractivity contribution in [3.05, 3.63) is 0 Å². The number of hydrogen-bond donors (Lipinski definition) is 6. The molecule has 172 valence electrons. The van der Waals surface area contributed by atoms with Gasteiger partial charge in [-0.1, -0.05) is 39.0 Å². The van der Waals surface area contributed by atoms with Crippen LogP contribution in [-0.4, -0.2) is 106 Å². The number of ether oxygens (including phenoxy) is 4. The van der Waals surface area contributed by atoms with Gasteiger partial charge in [0.05, 0.1) is 13.2 Å². The van der Waals surface area contributed by atoms with Gasteiger partial charge in [0.2, 0.25) is 0 Å². The zero-order valence-electron chi connectivity index (χ0n) is 16.9. The van der Waals surface area contributed by atoms with Crippen LogP contribution in [0.25, 0.3) is 0 Å². The lowest BCUT2D eigenvalue weighted by molar-refractivity contribution is -0.356. The SMILES string of the molecule is CCCCCCCCO[C@@H]1O[C@H](CO)[C@H](O)[C@H](O)[C@H]1O[C@@H]1OC[C@@H](O)[C@@H](O)[C@@H]1O. The fourth-order valence-corrected chi connectivity index (χ4v) is 3.47. The van der Waals surface area contributed by atoms with Gasteiger partial charge in [0.25, 0.3) is 0 Å². The van der Waals surface area contributed by atoms with Crippen molar-refractivity contribution in [2.75, 3.05) is 19.8 Å². The maximum atomic E-state index is 10.4. The molecule has 2 fully saturated rings. The standard InChI is InChI=1S/C19H36O10/c1-2-3-4-5-6-7-8-26-19-17(15(24)14(23)12(9-20)28-19)29-18-16(25)13(22)11(21)10-27-18/h11-25H,2-10H2,1H3/t11-,12-,13-,14+,15+,16+,17-,18+,19-/m1/s1. The van der Waals surface area contributed by atoms with Crippen LogP contribution in [0, 0.1) is 0 Å². The van der Waals surface area contributed by atoms with Crippen LogP contribution in [0.4, 0.5) is 0 Å². The molecule has 2 aliphatic heterocycles. The van der Waals surface area contributed by atoms with Crippen molar-refractivity contribution >= 4 is 0 Å². The van der Waals surface area contributed by atoms with Gasteiger partial charge >= 0.3 is 0 Å². The predicted octanol–water partition coefficient (Wildman–Crippen LogP) is -1.37. The van der Waals surface area contributed by atoms with Crippen molar-refractivity contribution in [1.29, 1.82) is 0 Å². The lowest BCUT2D eigenvalue weighted by Crippen LogP contribution is -2.63. The van der Waals surface area contributed by atoms with E-state index in [0.29, 0.717) is 6.61 Å². The molecule has 0 aromatic carbocycles. The minimum absolute atomic E-state index is 0.266. The summed E-state index contributed by atoms with van der Waals surface area (Å²) in [6.45, 7) is 1.69. The second-order valence-corrected chi connectivity index (χ2v) is 7.70. The van der Waals surface area contributed by atoms with Crippen LogP contribution in [0.3, 0.4) is 0 Å². The van der Waals surface area contributed by atoms with Crippen molar-refractivity contribution in [2.45, 2.75) is 101 Å². The van der Waals surface area contributed by atoms with E-state index in [1.54, 1.807) is 0 Å². The number of hydrogen-bond acceptors (Lipinski definition) is 10. The highest BCUT2D eigenvalue weighted by Gasteiger charge is 2.49. The fraction of sp³-hybridized carbons (Fsp3) is 1.00. The van der Waals surface area contributed by atoms with Gasteiger partial charge in [-0.25, -0.2) is 0 Å². The van der Waals surface area contributed by atoms with E-state index in [-0.39, 0.29) is 6.61 Å². The number of rotatable bonds is 11. The summed E-state index contributed by atoms with van der Waals surface area (Å²) in [6.07, 6.45) is -5.61. The average molecular weight is 424 g/mol. The Morgan fingerprint density at radius 3 is 2.21 bits per heavy atom. The van der Waals surface area contributed by atoms with Gasteiger partial charge in [-0.15, -0.1) is 0 Å². The molecule has 0 unspecified atom stereocenters. The highest BCUT2D eigenvalue weighted by atomic mass is 16.7. The van der Waals surface area contributed by atoms with Crippen LogP contribution in [0.1, 0.15) is 45.4 Å². The number of aliphatic hydroxyl groups is 6. The van der Waals surface area contributed by atoms with E-state index in [1.807, 2.05) is 0 Å². The molecule has 6 N–H and O–H groups in total. The van der Waals surface area contributed by atoms with Gasteiger partial charge in [-0.2, -0.15) is 0 Å². The van der Waals surface area contributed by atoms with E-state index in [4.69, 9.17) is 18.9 Å². The molecule has 0 radical (unpaired) electrons. The first-order chi connectivity index (χ1) is 13.9. The Morgan fingerprint density at radius 2 is 1.52 bits per heavy atom. The monoisotopic (exact) mass is 424 g/mol. The van der Waals surface area contributed by atoms with E-state index < -0.39 is 61.9 Å². The van der Waals surface area contributed by atoms with E-state index in [0.717, 1.165) is 32.1 Å². The van der Waals surface area contributed by atoms with Crippen LogP contribution >= 0.6 is 0 Å². The molecule has 2 heterocycles. The van der Waals surface area contributed by atoms with Gasteiger partial charge in [0.1, 0.15) is 42.7 Å². The van der Waals surface area contributed by atoms with Crippen LogP contribution in [0.2, 0.25) is 0 Å². The Morgan fingerprint density at radius 1 is 0.828 bits per heavy atom. The van der Waals surface area contributed by atoms with Gasteiger partial charge in [-0.3, -0.25) is 0 Å². The van der Waals surface area contributed by atoms with Crippen molar-refractivity contribution in [1.82, 2.24) is 0 Å². The molecule has 0 saturated carbocycles. The smallest absolute Gasteiger partial charge is 0.187 e. The summed E-state index contributed by atoms with van der Waals surface area (Å²) in [7, 11) is 0. The Bertz CT molecular complexity index is 453. The largest absolute Gasteiger partial charge is 0.394 e. The normalized spacial score (nSPS) is 40.9. The molecule has 0 aromatic rings. The Balaban J connectivity index is 1.93. The second kappa shape index (κ2) is 12.5. The maximum Gasteiger partial charge on any atom is 0.187 e. The Labute approximate surface area is 171 Å². The lowest BCUT2D eigenvalue weighted by Gasteiger charge is -2.44. The topological polar surface area (TPSA) is 158 Å². The first-order valence-corrected chi connectivity index (χ1v) is 10.5. The van der Waals surface area contributed by atoms with Crippen molar-refractivity contribution in [3.63, 3.8) is 0 Å². The zero-order chi connectivity index (χ0) is 21.4. The first kappa shape index (κ1) is 24.9. The quantitative estimate of drug-likeness (QED) is 0.218. The molecule has 0 bridgehead atoms. The fourth-order valence-electron chi connectivity index (χ4n) is 3.47. The third-order valence-corrected chi connectivity index (χ3v) is 5.35. The number of unbranched alkanes of at least 4 members (excludes halogenated alkanes) is 5. The molecule has 9 atom stereocenters. The van der Waals surface area contributed by atoms with E-state index in [1.165, 1.54) is 6.42 Å². The molecule has 2 aliphatic rings. The highest BCUT2D eigenvalue weighted by molar-refractivity contribution is 4.92. The third-order valence-electron chi connectivity index (χ3n) is 5.35. The predicted molar refractivity (Wildman–Crippen MR) is 99.7 cm³/mol. The molecule has 0 aliphatic carbocycles. The van der Waals surface area contributed by atoms with Crippen LogP contribution in [-0.2, 0) is 18.9 Å². The summed E-state index contributed by atoms with van der Waals surface area (Å²) in [4.78, 5) is 0. The molecule has 29 heavy (non-hydrogen) atoms. The first-order valence-electron chi connectivity index (χ1n) is 10.5. The summed E-state index contributed by atoms with van der Waals surface area (Å²) in [6, 6.07) is 0. The van der Waals surface area contributed by atoms with E-state index in [2.05, 4.69) is 6.92 Å². The van der Waals surface area contributed by atoms with Crippen LogP contribution in [0.5, 0.6) is 0 Å². The second-order valence-electron chi connectivity index (χ2n) is 7.70. The summed E-state index contributed by atoms with van der Waals surface area (Å²) in [5.41, 5.74) is 0. The Hall–Kier alpha value is -0.400. The molecule has 10 heteroatoms. The summed E-state index contributed by atoms with van der Waals surface area (Å²) in [5, 5.41) is 59.4. The van der Waals surface area contributed by atoms with Crippen molar-refractivity contribution in [3.8, 4) is 0 Å². The molecular formula is C19H36O10. The molecule has 0 aromatic heterocycles. The third kappa shape index (κ3) is 6.79. The minimum atomic E-state index is -1.56. The van der Waals surface area contributed by atoms with Crippen molar-refractivity contribution < 1.29 is 49.6 Å². The molecule has 10 nitrogen and oxygen atoms in total. The summed E-state index contributed by atoms with van der Waals surface area (Å²) in [5.74, 6) is 0. The average Bonchev–Trinajstić information content (AvgIpc) is 2.72. The Kier molecular flexibility index (Phi) is 10.7. The van der Waals surface area contributed by atoms with E-state index in [9.17, 15) is 30.6 Å². The van der Waals surface area contributed by atoms with Crippen molar-refractivity contribution in [2.24, 2.45) is 0 Å². The number of aliphatic hydroxyl groups excluding tert-OH is 6. The van der Waals surface area contributed by atoms with Crippen LogP contribution in [0.15, 0.2) is 0 Å². The molecule has 2 saturated heterocycles. The van der Waals surface area contributed by atoms with Gasteiger partial charge in [-0.05, 0) is 6.42 Å².